The van der Waals surface area contributed by atoms with E-state index >= 15 is 0 Å². The van der Waals surface area contributed by atoms with E-state index in [1.807, 2.05) is 34.9 Å². The highest BCUT2D eigenvalue weighted by molar-refractivity contribution is 7.99. The third-order valence-electron chi connectivity index (χ3n) is 4.70. The zero-order valence-corrected chi connectivity index (χ0v) is 19.4. The summed E-state index contributed by atoms with van der Waals surface area (Å²) < 4.78 is 1.82. The van der Waals surface area contributed by atoms with Crippen LogP contribution in [-0.2, 0) is 16.0 Å². The molecule has 1 aliphatic rings. The van der Waals surface area contributed by atoms with Crippen LogP contribution in [0.15, 0.2) is 53.7 Å². The monoisotopic (exact) mass is 504 g/mol. The summed E-state index contributed by atoms with van der Waals surface area (Å²) in [5.41, 5.74) is 1.34. The molecular formula is C21H18Cl2N6O3S. The van der Waals surface area contributed by atoms with Gasteiger partial charge in [-0.05, 0) is 30.3 Å². The molecule has 1 saturated heterocycles. The van der Waals surface area contributed by atoms with Gasteiger partial charge in [0.05, 0.1) is 15.8 Å². The molecule has 3 N–H and O–H groups in total. The van der Waals surface area contributed by atoms with Crippen molar-refractivity contribution in [2.45, 2.75) is 24.0 Å². The van der Waals surface area contributed by atoms with Crippen LogP contribution in [0, 0.1) is 0 Å². The number of amides is 4. The molecule has 170 valence electrons. The van der Waals surface area contributed by atoms with Gasteiger partial charge in [0.15, 0.2) is 5.16 Å². The number of nitrogens with zero attached hydrogens (tertiary/aromatic N) is 3. The van der Waals surface area contributed by atoms with Crippen LogP contribution in [0.2, 0.25) is 10.0 Å². The minimum Gasteiger partial charge on any atom is -0.334 e. The zero-order valence-electron chi connectivity index (χ0n) is 17.0. The Labute approximate surface area is 203 Å². The highest BCUT2D eigenvalue weighted by atomic mass is 35.5. The molecule has 1 aliphatic heterocycles. The van der Waals surface area contributed by atoms with Crippen LogP contribution < -0.4 is 16.0 Å². The second kappa shape index (κ2) is 10.2. The van der Waals surface area contributed by atoms with Crippen molar-refractivity contribution in [3.05, 3.63) is 64.4 Å². The van der Waals surface area contributed by atoms with E-state index in [9.17, 15) is 14.4 Å². The number of nitrogens with one attached hydrogen (secondary N) is 3. The van der Waals surface area contributed by atoms with Gasteiger partial charge in [-0.3, -0.25) is 19.5 Å². The second-order valence-electron chi connectivity index (χ2n) is 7.16. The number of aromatic nitrogens is 3. The van der Waals surface area contributed by atoms with E-state index in [0.717, 1.165) is 5.69 Å². The fraction of sp³-hybridized carbons (Fsp3) is 0.190. The number of carbonyl (C=O) groups excluding carboxylic acids is 3. The second-order valence-corrected chi connectivity index (χ2v) is 8.92. The molecule has 0 saturated carbocycles. The van der Waals surface area contributed by atoms with Crippen molar-refractivity contribution in [1.82, 2.24) is 25.4 Å². The highest BCUT2D eigenvalue weighted by Gasteiger charge is 2.27. The van der Waals surface area contributed by atoms with Crippen LogP contribution in [0.4, 0.5) is 10.5 Å². The Bertz CT molecular complexity index is 1190. The van der Waals surface area contributed by atoms with Crippen molar-refractivity contribution in [2.24, 2.45) is 0 Å². The number of hydrogen-bond acceptors (Lipinski definition) is 6. The van der Waals surface area contributed by atoms with Crippen LogP contribution in [-0.4, -0.2) is 44.4 Å². The van der Waals surface area contributed by atoms with Gasteiger partial charge >= 0.3 is 6.03 Å². The van der Waals surface area contributed by atoms with Crippen molar-refractivity contribution in [3.8, 4) is 5.69 Å². The number of halogens is 2. The zero-order chi connectivity index (χ0) is 23.4. The van der Waals surface area contributed by atoms with E-state index in [1.54, 1.807) is 18.2 Å². The molecule has 9 nitrogen and oxygen atoms in total. The smallest absolute Gasteiger partial charge is 0.321 e. The molecule has 2 heterocycles. The predicted molar refractivity (Wildman–Crippen MR) is 126 cm³/mol. The Morgan fingerprint density at radius 1 is 1.12 bits per heavy atom. The summed E-state index contributed by atoms with van der Waals surface area (Å²) in [5.74, 6) is 0.0452. The van der Waals surface area contributed by atoms with Crippen molar-refractivity contribution < 1.29 is 14.4 Å². The largest absolute Gasteiger partial charge is 0.334 e. The van der Waals surface area contributed by atoms with Gasteiger partial charge in [0.2, 0.25) is 11.8 Å². The van der Waals surface area contributed by atoms with Crippen molar-refractivity contribution in [3.63, 3.8) is 0 Å². The molecule has 12 heteroatoms. The molecule has 4 rings (SSSR count). The lowest BCUT2D eigenvalue weighted by molar-refractivity contribution is -0.121. The summed E-state index contributed by atoms with van der Waals surface area (Å²) in [4.78, 5) is 35.8. The topological polar surface area (TPSA) is 118 Å². The summed E-state index contributed by atoms with van der Waals surface area (Å²) >= 11 is 13.1. The molecule has 0 aliphatic carbocycles. The predicted octanol–water partition coefficient (Wildman–Crippen LogP) is 3.45. The van der Waals surface area contributed by atoms with Gasteiger partial charge in [0.25, 0.3) is 0 Å². The first-order chi connectivity index (χ1) is 15.9. The number of thioether (sulfide) groups is 1. The molecule has 1 fully saturated rings. The number of benzene rings is 2. The minimum atomic E-state index is -0.532. The third kappa shape index (κ3) is 5.84. The van der Waals surface area contributed by atoms with E-state index in [-0.39, 0.29) is 24.0 Å². The SMILES string of the molecule is O=C1CC(Cc2nnc(SCC(=O)Nc3ccc(Cl)c(Cl)c3)n2-c2ccccc2)NC(=O)N1. The minimum absolute atomic E-state index is 0.0772. The van der Waals surface area contributed by atoms with Crippen LogP contribution in [0.3, 0.4) is 0 Å². The lowest BCUT2D eigenvalue weighted by Crippen LogP contribution is -2.53. The fourth-order valence-electron chi connectivity index (χ4n) is 3.28. The molecule has 0 bridgehead atoms. The van der Waals surface area contributed by atoms with Gasteiger partial charge in [-0.25, -0.2) is 4.79 Å². The van der Waals surface area contributed by atoms with Gasteiger partial charge < -0.3 is 10.6 Å². The van der Waals surface area contributed by atoms with E-state index in [1.165, 1.54) is 11.8 Å². The number of rotatable bonds is 7. The number of carbonyl (C=O) groups is 3. The highest BCUT2D eigenvalue weighted by Crippen LogP contribution is 2.26. The maximum absolute atomic E-state index is 12.5. The number of para-hydroxylation sites is 1. The molecule has 2 aromatic carbocycles. The maximum Gasteiger partial charge on any atom is 0.321 e. The number of urea groups is 1. The normalized spacial score (nSPS) is 15.6. The summed E-state index contributed by atoms with van der Waals surface area (Å²) in [5, 5.41) is 17.5. The van der Waals surface area contributed by atoms with E-state index in [2.05, 4.69) is 26.1 Å². The van der Waals surface area contributed by atoms with Crippen LogP contribution >= 0.6 is 35.0 Å². The van der Waals surface area contributed by atoms with Crippen molar-refractivity contribution >= 4 is 58.5 Å². The van der Waals surface area contributed by atoms with Gasteiger partial charge in [-0.2, -0.15) is 0 Å². The molecule has 1 aromatic heterocycles. The Morgan fingerprint density at radius 2 is 1.91 bits per heavy atom. The lowest BCUT2D eigenvalue weighted by Gasteiger charge is -2.23. The molecular weight excluding hydrogens is 487 g/mol. The maximum atomic E-state index is 12.5. The Kier molecular flexibility index (Phi) is 7.17. The Morgan fingerprint density at radius 3 is 2.64 bits per heavy atom. The summed E-state index contributed by atoms with van der Waals surface area (Å²) in [6, 6.07) is 13.3. The Hall–Kier alpha value is -3.08. The van der Waals surface area contributed by atoms with E-state index < -0.39 is 12.1 Å². The number of imide groups is 1. The summed E-state index contributed by atoms with van der Waals surface area (Å²) in [7, 11) is 0. The van der Waals surface area contributed by atoms with E-state index in [4.69, 9.17) is 23.2 Å². The van der Waals surface area contributed by atoms with Crippen LogP contribution in [0.25, 0.3) is 5.69 Å². The standard InChI is InChI=1S/C21H18Cl2N6O3S/c22-15-7-6-12(8-16(15)23)24-19(31)11-33-21-28-27-17(29(21)14-4-2-1-3-5-14)9-13-10-18(30)26-20(32)25-13/h1-8,13H,9-11H2,(H,24,31)(H2,25,26,30,32). The van der Waals surface area contributed by atoms with Gasteiger partial charge in [-0.15, -0.1) is 10.2 Å². The third-order valence-corrected chi connectivity index (χ3v) is 6.37. The molecule has 0 spiro atoms. The number of hydrogen-bond donors (Lipinski definition) is 3. The average Bonchev–Trinajstić information content (AvgIpc) is 3.17. The summed E-state index contributed by atoms with van der Waals surface area (Å²) in [6.45, 7) is 0. The van der Waals surface area contributed by atoms with Crippen LogP contribution in [0.1, 0.15) is 12.2 Å². The average molecular weight is 505 g/mol. The quantitative estimate of drug-likeness (QED) is 0.424. The lowest BCUT2D eigenvalue weighted by atomic mass is 10.1. The molecule has 4 amide bonds. The first-order valence-electron chi connectivity index (χ1n) is 9.87. The molecule has 3 aromatic rings. The van der Waals surface area contributed by atoms with Gasteiger partial charge in [0, 0.05) is 30.3 Å². The van der Waals surface area contributed by atoms with Crippen molar-refractivity contribution in [1.29, 1.82) is 0 Å². The summed E-state index contributed by atoms with van der Waals surface area (Å²) in [6.07, 6.45) is 0.443. The van der Waals surface area contributed by atoms with E-state index in [0.29, 0.717) is 33.1 Å². The van der Waals surface area contributed by atoms with Crippen molar-refractivity contribution in [2.75, 3.05) is 11.1 Å². The first kappa shape index (κ1) is 23.1. The molecule has 1 unspecified atom stereocenters. The fourth-order valence-corrected chi connectivity index (χ4v) is 4.35. The molecule has 1 atom stereocenters. The van der Waals surface area contributed by atoms with Gasteiger partial charge in [0.1, 0.15) is 5.82 Å². The molecule has 33 heavy (non-hydrogen) atoms. The first-order valence-corrected chi connectivity index (χ1v) is 11.6. The molecule has 0 radical (unpaired) electrons. The van der Waals surface area contributed by atoms with Crippen LogP contribution in [0.5, 0.6) is 0 Å². The number of anilines is 1. The Balaban J connectivity index is 1.50. The van der Waals surface area contributed by atoms with Gasteiger partial charge in [-0.1, -0.05) is 53.2 Å².